The van der Waals surface area contributed by atoms with E-state index in [1.54, 1.807) is 6.07 Å². The largest absolute Gasteiger partial charge is 0.416 e. The SMILES string of the molecule is CNc1cc(C(F)(F)F)cc(Nc2cccc(F)c2C)n1. The van der Waals surface area contributed by atoms with Crippen molar-refractivity contribution in [3.05, 3.63) is 47.3 Å². The van der Waals surface area contributed by atoms with Crippen molar-refractivity contribution in [1.82, 2.24) is 4.98 Å². The molecule has 112 valence electrons. The zero-order valence-corrected chi connectivity index (χ0v) is 11.3. The maximum absolute atomic E-state index is 13.4. The molecule has 2 N–H and O–H groups in total. The summed E-state index contributed by atoms with van der Waals surface area (Å²) in [5.74, 6) is -0.384. The van der Waals surface area contributed by atoms with E-state index in [0.29, 0.717) is 11.3 Å². The Kier molecular flexibility index (Phi) is 4.02. The molecular formula is C14H13F4N3. The molecule has 0 bridgehead atoms. The zero-order chi connectivity index (χ0) is 15.6. The van der Waals surface area contributed by atoms with Gasteiger partial charge in [0, 0.05) is 18.3 Å². The molecule has 2 aromatic rings. The summed E-state index contributed by atoms with van der Waals surface area (Å²) in [7, 11) is 1.47. The molecule has 0 unspecified atom stereocenters. The average Bonchev–Trinajstić information content (AvgIpc) is 2.42. The molecule has 21 heavy (non-hydrogen) atoms. The second-order valence-corrected chi connectivity index (χ2v) is 4.41. The normalized spacial score (nSPS) is 11.3. The van der Waals surface area contributed by atoms with Crippen LogP contribution in [-0.4, -0.2) is 12.0 Å². The zero-order valence-electron chi connectivity index (χ0n) is 11.3. The smallest absolute Gasteiger partial charge is 0.373 e. The van der Waals surface area contributed by atoms with Gasteiger partial charge in [0.2, 0.25) is 0 Å². The molecule has 0 aliphatic rings. The maximum Gasteiger partial charge on any atom is 0.416 e. The molecule has 7 heteroatoms. The van der Waals surface area contributed by atoms with E-state index in [-0.39, 0.29) is 11.6 Å². The summed E-state index contributed by atoms with van der Waals surface area (Å²) in [6, 6.07) is 6.10. The highest BCUT2D eigenvalue weighted by Crippen LogP contribution is 2.33. The number of nitrogens with zero attached hydrogens (tertiary/aromatic N) is 1. The number of nitrogens with one attached hydrogen (secondary N) is 2. The molecule has 2 rings (SSSR count). The van der Waals surface area contributed by atoms with Crippen molar-refractivity contribution in [2.45, 2.75) is 13.1 Å². The topological polar surface area (TPSA) is 37.0 Å². The minimum Gasteiger partial charge on any atom is -0.373 e. The van der Waals surface area contributed by atoms with Gasteiger partial charge in [0.1, 0.15) is 17.5 Å². The Labute approximate surface area is 119 Å². The Morgan fingerprint density at radius 1 is 1.10 bits per heavy atom. The Hall–Kier alpha value is -2.31. The van der Waals surface area contributed by atoms with Gasteiger partial charge in [-0.3, -0.25) is 0 Å². The number of rotatable bonds is 3. The lowest BCUT2D eigenvalue weighted by Crippen LogP contribution is -2.08. The molecule has 0 aliphatic carbocycles. The third-order valence-electron chi connectivity index (χ3n) is 2.94. The van der Waals surface area contributed by atoms with Crippen molar-refractivity contribution in [3.63, 3.8) is 0 Å². The Balaban J connectivity index is 2.42. The standard InChI is InChI=1S/C14H13F4N3/c1-8-10(15)4-3-5-11(8)20-13-7-9(14(16,17)18)6-12(19-2)21-13/h3-7H,1-2H3,(H2,19,20,21). The summed E-state index contributed by atoms with van der Waals surface area (Å²) in [5.41, 5.74) is -0.162. The van der Waals surface area contributed by atoms with Crippen LogP contribution in [0.1, 0.15) is 11.1 Å². The predicted octanol–water partition coefficient (Wildman–Crippen LogP) is 4.33. The first kappa shape index (κ1) is 15.1. The fourth-order valence-corrected chi connectivity index (χ4v) is 1.77. The van der Waals surface area contributed by atoms with Crippen LogP contribution in [0.3, 0.4) is 0 Å². The van der Waals surface area contributed by atoms with Gasteiger partial charge < -0.3 is 10.6 Å². The van der Waals surface area contributed by atoms with Gasteiger partial charge in [-0.05, 0) is 31.2 Å². The highest BCUT2D eigenvalue weighted by atomic mass is 19.4. The molecule has 0 aliphatic heterocycles. The van der Waals surface area contributed by atoms with Crippen molar-refractivity contribution >= 4 is 17.3 Å². The summed E-state index contributed by atoms with van der Waals surface area (Å²) >= 11 is 0. The van der Waals surface area contributed by atoms with E-state index < -0.39 is 17.6 Å². The summed E-state index contributed by atoms with van der Waals surface area (Å²) < 4.78 is 51.9. The van der Waals surface area contributed by atoms with E-state index in [9.17, 15) is 17.6 Å². The lowest BCUT2D eigenvalue weighted by Gasteiger charge is -2.14. The van der Waals surface area contributed by atoms with Gasteiger partial charge >= 0.3 is 6.18 Å². The van der Waals surface area contributed by atoms with Gasteiger partial charge in [-0.25, -0.2) is 9.37 Å². The maximum atomic E-state index is 13.4. The van der Waals surface area contributed by atoms with Crippen LogP contribution in [0.25, 0.3) is 0 Å². The van der Waals surface area contributed by atoms with Crippen LogP contribution >= 0.6 is 0 Å². The Morgan fingerprint density at radius 2 is 1.76 bits per heavy atom. The molecule has 0 fully saturated rings. The van der Waals surface area contributed by atoms with Crippen molar-refractivity contribution < 1.29 is 17.6 Å². The molecule has 0 saturated carbocycles. The summed E-state index contributed by atoms with van der Waals surface area (Å²) in [5, 5.41) is 5.28. The number of pyridine rings is 1. The van der Waals surface area contributed by atoms with Crippen LogP contribution in [0, 0.1) is 12.7 Å². The second kappa shape index (κ2) is 5.59. The van der Waals surface area contributed by atoms with Gasteiger partial charge in [-0.1, -0.05) is 6.07 Å². The van der Waals surface area contributed by atoms with Gasteiger partial charge in [-0.15, -0.1) is 0 Å². The quantitative estimate of drug-likeness (QED) is 0.828. The fraction of sp³-hybridized carbons (Fsp3) is 0.214. The molecule has 0 amide bonds. The third kappa shape index (κ3) is 3.42. The van der Waals surface area contributed by atoms with E-state index in [0.717, 1.165) is 12.1 Å². The van der Waals surface area contributed by atoms with E-state index in [4.69, 9.17) is 0 Å². The van der Waals surface area contributed by atoms with Crippen molar-refractivity contribution in [1.29, 1.82) is 0 Å². The van der Waals surface area contributed by atoms with Crippen LogP contribution in [-0.2, 0) is 6.18 Å². The highest BCUT2D eigenvalue weighted by molar-refractivity contribution is 5.62. The molecule has 1 aromatic heterocycles. The Bertz CT molecular complexity index is 653. The second-order valence-electron chi connectivity index (χ2n) is 4.41. The number of halogens is 4. The third-order valence-corrected chi connectivity index (χ3v) is 2.94. The molecular weight excluding hydrogens is 286 g/mol. The van der Waals surface area contributed by atoms with E-state index in [1.807, 2.05) is 0 Å². The summed E-state index contributed by atoms with van der Waals surface area (Å²) in [6.07, 6.45) is -4.48. The first-order valence-corrected chi connectivity index (χ1v) is 6.10. The van der Waals surface area contributed by atoms with Gasteiger partial charge in [0.25, 0.3) is 0 Å². The highest BCUT2D eigenvalue weighted by Gasteiger charge is 2.31. The molecule has 1 heterocycles. The fourth-order valence-electron chi connectivity index (χ4n) is 1.77. The lowest BCUT2D eigenvalue weighted by molar-refractivity contribution is -0.137. The summed E-state index contributed by atoms with van der Waals surface area (Å²) in [6.45, 7) is 1.53. The molecule has 0 saturated heterocycles. The lowest BCUT2D eigenvalue weighted by atomic mass is 10.2. The molecule has 0 radical (unpaired) electrons. The van der Waals surface area contributed by atoms with Crippen LogP contribution in [0.15, 0.2) is 30.3 Å². The van der Waals surface area contributed by atoms with Gasteiger partial charge in [-0.2, -0.15) is 13.2 Å². The predicted molar refractivity (Wildman–Crippen MR) is 73.2 cm³/mol. The number of anilines is 3. The van der Waals surface area contributed by atoms with Gasteiger partial charge in [0.05, 0.1) is 5.56 Å². The van der Waals surface area contributed by atoms with Crippen LogP contribution < -0.4 is 10.6 Å². The summed E-state index contributed by atoms with van der Waals surface area (Å²) in [4.78, 5) is 3.99. The molecule has 0 spiro atoms. The molecule has 0 atom stereocenters. The van der Waals surface area contributed by atoms with E-state index >= 15 is 0 Å². The first-order chi connectivity index (χ1) is 9.81. The van der Waals surface area contributed by atoms with E-state index in [2.05, 4.69) is 15.6 Å². The monoisotopic (exact) mass is 299 g/mol. The van der Waals surface area contributed by atoms with Crippen molar-refractivity contribution in [2.75, 3.05) is 17.7 Å². The van der Waals surface area contributed by atoms with Crippen LogP contribution in [0.5, 0.6) is 0 Å². The molecule has 3 nitrogen and oxygen atoms in total. The number of hydrogen-bond donors (Lipinski definition) is 2. The Morgan fingerprint density at radius 3 is 2.38 bits per heavy atom. The van der Waals surface area contributed by atoms with Crippen molar-refractivity contribution in [2.24, 2.45) is 0 Å². The van der Waals surface area contributed by atoms with Crippen molar-refractivity contribution in [3.8, 4) is 0 Å². The average molecular weight is 299 g/mol. The van der Waals surface area contributed by atoms with Gasteiger partial charge in [0.15, 0.2) is 0 Å². The van der Waals surface area contributed by atoms with Crippen LogP contribution in [0.2, 0.25) is 0 Å². The molecule has 1 aromatic carbocycles. The van der Waals surface area contributed by atoms with E-state index in [1.165, 1.54) is 26.1 Å². The first-order valence-electron chi connectivity index (χ1n) is 6.10. The number of alkyl halides is 3. The van der Waals surface area contributed by atoms with Crippen LogP contribution in [0.4, 0.5) is 34.9 Å². The number of hydrogen-bond acceptors (Lipinski definition) is 3. The number of aromatic nitrogens is 1. The number of benzene rings is 1. The minimum atomic E-state index is -4.48. The minimum absolute atomic E-state index is 0.0112.